The van der Waals surface area contributed by atoms with Crippen molar-refractivity contribution in [3.05, 3.63) is 59.7 Å². The highest BCUT2D eigenvalue weighted by molar-refractivity contribution is 5.89. The van der Waals surface area contributed by atoms with Crippen molar-refractivity contribution in [3.8, 4) is 17.2 Å². The smallest absolute Gasteiger partial charge is 0.336 e. The third-order valence-electron chi connectivity index (χ3n) is 3.11. The lowest BCUT2D eigenvalue weighted by atomic mass is 10.2. The topological polar surface area (TPSA) is 77.4 Å². The summed E-state index contributed by atoms with van der Waals surface area (Å²) in [4.78, 5) is 12.0. The summed E-state index contributed by atoms with van der Waals surface area (Å²) in [5, 5.41) is 11.5. The van der Waals surface area contributed by atoms with Gasteiger partial charge in [0.15, 0.2) is 11.5 Å². The van der Waals surface area contributed by atoms with Crippen LogP contribution in [0.4, 0.5) is 0 Å². The van der Waals surface area contributed by atoms with Crippen LogP contribution in [-0.4, -0.2) is 31.6 Å². The Morgan fingerprint density at radius 1 is 1.04 bits per heavy atom. The standard InChI is InChI=1S/C18H17NO5/c1-22-15-5-3-4-13(10-15)7-9-18(20)24-16-8-6-14(12-19-21)11-17(16)23-2/h3-12,21H,1-2H3/b9-7+,19-12+. The van der Waals surface area contributed by atoms with Gasteiger partial charge in [0, 0.05) is 11.6 Å². The Morgan fingerprint density at radius 3 is 2.58 bits per heavy atom. The van der Waals surface area contributed by atoms with Crippen molar-refractivity contribution >= 4 is 18.3 Å². The van der Waals surface area contributed by atoms with Crippen molar-refractivity contribution in [2.75, 3.05) is 14.2 Å². The van der Waals surface area contributed by atoms with E-state index in [0.29, 0.717) is 17.1 Å². The van der Waals surface area contributed by atoms with E-state index >= 15 is 0 Å². The van der Waals surface area contributed by atoms with Crippen LogP contribution in [0.2, 0.25) is 0 Å². The fraction of sp³-hybridized carbons (Fsp3) is 0.111. The van der Waals surface area contributed by atoms with Crippen LogP contribution in [0, 0.1) is 0 Å². The summed E-state index contributed by atoms with van der Waals surface area (Å²) in [5.41, 5.74) is 1.42. The predicted octanol–water partition coefficient (Wildman–Crippen LogP) is 3.13. The SMILES string of the molecule is COc1cccc(/C=C/C(=O)Oc2ccc(/C=N/O)cc2OC)c1. The Labute approximate surface area is 139 Å². The number of esters is 1. The van der Waals surface area contributed by atoms with Crippen LogP contribution in [0.3, 0.4) is 0 Å². The molecule has 124 valence electrons. The molecule has 0 bridgehead atoms. The van der Waals surface area contributed by atoms with Gasteiger partial charge in [0.1, 0.15) is 5.75 Å². The summed E-state index contributed by atoms with van der Waals surface area (Å²) in [7, 11) is 3.03. The van der Waals surface area contributed by atoms with E-state index in [1.807, 2.05) is 18.2 Å². The predicted molar refractivity (Wildman–Crippen MR) is 90.0 cm³/mol. The monoisotopic (exact) mass is 327 g/mol. The number of oxime groups is 1. The van der Waals surface area contributed by atoms with Gasteiger partial charge in [0.05, 0.1) is 20.4 Å². The van der Waals surface area contributed by atoms with Gasteiger partial charge in [-0.3, -0.25) is 0 Å². The van der Waals surface area contributed by atoms with Crippen LogP contribution in [0.15, 0.2) is 53.7 Å². The molecule has 0 saturated heterocycles. The van der Waals surface area contributed by atoms with Crippen LogP contribution >= 0.6 is 0 Å². The van der Waals surface area contributed by atoms with Gasteiger partial charge < -0.3 is 19.4 Å². The maximum Gasteiger partial charge on any atom is 0.336 e. The number of nitrogens with zero attached hydrogens (tertiary/aromatic N) is 1. The highest BCUT2D eigenvalue weighted by atomic mass is 16.6. The highest BCUT2D eigenvalue weighted by Gasteiger charge is 2.08. The first kappa shape index (κ1) is 17.1. The van der Waals surface area contributed by atoms with Crippen molar-refractivity contribution in [2.45, 2.75) is 0 Å². The molecule has 6 heteroatoms. The van der Waals surface area contributed by atoms with Crippen LogP contribution < -0.4 is 14.2 Å². The summed E-state index contributed by atoms with van der Waals surface area (Å²) < 4.78 is 15.5. The normalized spacial score (nSPS) is 10.9. The molecule has 2 rings (SSSR count). The zero-order chi connectivity index (χ0) is 17.4. The Kier molecular flexibility index (Phi) is 5.96. The number of carbonyl (C=O) groups is 1. The molecule has 0 aliphatic rings. The molecule has 0 aliphatic heterocycles. The molecule has 0 atom stereocenters. The van der Waals surface area contributed by atoms with E-state index in [1.54, 1.807) is 37.5 Å². The Balaban J connectivity index is 2.10. The van der Waals surface area contributed by atoms with Gasteiger partial charge in [0.25, 0.3) is 0 Å². The van der Waals surface area contributed by atoms with Crippen LogP contribution in [0.5, 0.6) is 17.2 Å². The van der Waals surface area contributed by atoms with Gasteiger partial charge in [-0.1, -0.05) is 17.3 Å². The molecule has 0 fully saturated rings. The average molecular weight is 327 g/mol. The molecule has 24 heavy (non-hydrogen) atoms. The maximum atomic E-state index is 12.0. The fourth-order valence-electron chi connectivity index (χ4n) is 1.97. The molecule has 6 nitrogen and oxygen atoms in total. The summed E-state index contributed by atoms with van der Waals surface area (Å²) >= 11 is 0. The summed E-state index contributed by atoms with van der Waals surface area (Å²) in [6.45, 7) is 0. The van der Waals surface area contributed by atoms with E-state index in [4.69, 9.17) is 19.4 Å². The first-order valence-corrected chi connectivity index (χ1v) is 7.05. The third-order valence-corrected chi connectivity index (χ3v) is 3.11. The minimum Gasteiger partial charge on any atom is -0.497 e. The van der Waals surface area contributed by atoms with E-state index < -0.39 is 5.97 Å². The van der Waals surface area contributed by atoms with Gasteiger partial charge in [-0.05, 0) is 42.0 Å². The number of carbonyl (C=O) groups excluding carboxylic acids is 1. The molecule has 0 spiro atoms. The molecule has 2 aromatic rings. The molecular formula is C18H17NO5. The van der Waals surface area contributed by atoms with Crippen molar-refractivity contribution < 1.29 is 24.2 Å². The quantitative estimate of drug-likeness (QED) is 0.220. The largest absolute Gasteiger partial charge is 0.497 e. The first-order valence-electron chi connectivity index (χ1n) is 7.05. The average Bonchev–Trinajstić information content (AvgIpc) is 2.61. The van der Waals surface area contributed by atoms with Crippen molar-refractivity contribution in [1.29, 1.82) is 0 Å². The molecule has 1 N–H and O–H groups in total. The summed E-state index contributed by atoms with van der Waals surface area (Å²) in [5.74, 6) is 0.788. The van der Waals surface area contributed by atoms with Crippen LogP contribution in [0.1, 0.15) is 11.1 Å². The number of hydrogen-bond acceptors (Lipinski definition) is 6. The summed E-state index contributed by atoms with van der Waals surface area (Å²) in [6.07, 6.45) is 4.19. The Bertz CT molecular complexity index is 768. The molecule has 0 radical (unpaired) electrons. The van der Waals surface area contributed by atoms with Gasteiger partial charge >= 0.3 is 5.97 Å². The van der Waals surface area contributed by atoms with Crippen molar-refractivity contribution in [1.82, 2.24) is 0 Å². The van der Waals surface area contributed by atoms with Gasteiger partial charge in [-0.15, -0.1) is 0 Å². The second-order valence-corrected chi connectivity index (χ2v) is 4.69. The first-order chi connectivity index (χ1) is 11.7. The second-order valence-electron chi connectivity index (χ2n) is 4.69. The lowest BCUT2D eigenvalue weighted by Crippen LogP contribution is -2.05. The molecule has 0 aromatic heterocycles. The fourth-order valence-corrected chi connectivity index (χ4v) is 1.97. The molecule has 0 amide bonds. The number of rotatable bonds is 6. The van der Waals surface area contributed by atoms with Crippen molar-refractivity contribution in [2.24, 2.45) is 5.16 Å². The molecule has 0 saturated carbocycles. The van der Waals surface area contributed by atoms with E-state index in [0.717, 1.165) is 5.56 Å². The van der Waals surface area contributed by atoms with Gasteiger partial charge in [-0.2, -0.15) is 0 Å². The molecular weight excluding hydrogens is 310 g/mol. The zero-order valence-electron chi connectivity index (χ0n) is 13.3. The number of ether oxygens (including phenoxy) is 3. The molecule has 0 unspecified atom stereocenters. The molecule has 0 aliphatic carbocycles. The number of methoxy groups -OCH3 is 2. The van der Waals surface area contributed by atoms with E-state index in [9.17, 15) is 4.79 Å². The van der Waals surface area contributed by atoms with Gasteiger partial charge in [-0.25, -0.2) is 4.79 Å². The molecule has 0 heterocycles. The van der Waals surface area contributed by atoms with Crippen molar-refractivity contribution in [3.63, 3.8) is 0 Å². The number of hydrogen-bond donors (Lipinski definition) is 1. The second kappa shape index (κ2) is 8.38. The summed E-state index contributed by atoms with van der Waals surface area (Å²) in [6, 6.07) is 12.1. The minimum atomic E-state index is -0.542. The third kappa shape index (κ3) is 4.61. The molecule has 2 aromatic carbocycles. The highest BCUT2D eigenvalue weighted by Crippen LogP contribution is 2.27. The van der Waals surface area contributed by atoms with E-state index in [-0.39, 0.29) is 5.75 Å². The Hall–Kier alpha value is -3.28. The van der Waals surface area contributed by atoms with Crippen LogP contribution in [-0.2, 0) is 4.79 Å². The number of benzene rings is 2. The minimum absolute atomic E-state index is 0.271. The maximum absolute atomic E-state index is 12.0. The van der Waals surface area contributed by atoms with Gasteiger partial charge in [0.2, 0.25) is 0 Å². The van der Waals surface area contributed by atoms with E-state index in [2.05, 4.69) is 5.16 Å². The Morgan fingerprint density at radius 2 is 1.88 bits per heavy atom. The van der Waals surface area contributed by atoms with Crippen LogP contribution in [0.25, 0.3) is 6.08 Å². The zero-order valence-corrected chi connectivity index (χ0v) is 13.3. The lowest BCUT2D eigenvalue weighted by Gasteiger charge is -2.08. The lowest BCUT2D eigenvalue weighted by molar-refractivity contribution is -0.129. The van der Waals surface area contributed by atoms with E-state index in [1.165, 1.54) is 19.4 Å².